The van der Waals surface area contributed by atoms with Crippen molar-refractivity contribution in [3.63, 3.8) is 0 Å². The van der Waals surface area contributed by atoms with Crippen molar-refractivity contribution in [3.05, 3.63) is 35.9 Å². The first kappa shape index (κ1) is 12.1. The SMILES string of the molecule is O=C(NC1CCCS(=O)(=O)C1)c1ccccc1. The lowest BCUT2D eigenvalue weighted by atomic mass is 10.1. The molecule has 1 aromatic carbocycles. The summed E-state index contributed by atoms with van der Waals surface area (Å²) in [6.45, 7) is 0. The molecule has 92 valence electrons. The van der Waals surface area contributed by atoms with Crippen LogP contribution in [0.25, 0.3) is 0 Å². The number of rotatable bonds is 2. The van der Waals surface area contributed by atoms with E-state index < -0.39 is 9.84 Å². The number of carbonyl (C=O) groups excluding carboxylic acids is 1. The summed E-state index contributed by atoms with van der Waals surface area (Å²) in [5, 5.41) is 2.77. The minimum Gasteiger partial charge on any atom is -0.348 e. The summed E-state index contributed by atoms with van der Waals surface area (Å²) in [6, 6.07) is 8.58. The zero-order valence-corrected chi connectivity index (χ0v) is 10.2. The summed E-state index contributed by atoms with van der Waals surface area (Å²) in [4.78, 5) is 11.8. The molecule has 17 heavy (non-hydrogen) atoms. The van der Waals surface area contributed by atoms with E-state index in [2.05, 4.69) is 5.32 Å². The first-order chi connectivity index (χ1) is 8.07. The molecule has 1 aliphatic rings. The molecule has 0 radical (unpaired) electrons. The minimum atomic E-state index is -2.97. The number of sulfone groups is 1. The van der Waals surface area contributed by atoms with Gasteiger partial charge in [-0.2, -0.15) is 0 Å². The van der Waals surface area contributed by atoms with Crippen molar-refractivity contribution in [1.82, 2.24) is 5.32 Å². The summed E-state index contributed by atoms with van der Waals surface area (Å²) < 4.78 is 22.9. The van der Waals surface area contributed by atoms with Crippen LogP contribution in [0.4, 0.5) is 0 Å². The van der Waals surface area contributed by atoms with Gasteiger partial charge in [-0.3, -0.25) is 4.79 Å². The molecule has 1 heterocycles. The third kappa shape index (κ3) is 3.30. The predicted molar refractivity (Wildman–Crippen MR) is 65.6 cm³/mol. The normalized spacial score (nSPS) is 22.9. The second-order valence-corrected chi connectivity index (χ2v) is 6.52. The Morgan fingerprint density at radius 1 is 1.24 bits per heavy atom. The monoisotopic (exact) mass is 253 g/mol. The van der Waals surface area contributed by atoms with Gasteiger partial charge in [0.15, 0.2) is 9.84 Å². The van der Waals surface area contributed by atoms with Gasteiger partial charge in [-0.1, -0.05) is 18.2 Å². The molecule has 5 heteroatoms. The predicted octanol–water partition coefficient (Wildman–Crippen LogP) is 0.994. The lowest BCUT2D eigenvalue weighted by Gasteiger charge is -2.22. The lowest BCUT2D eigenvalue weighted by molar-refractivity contribution is 0.0938. The quantitative estimate of drug-likeness (QED) is 0.855. The maximum atomic E-state index is 11.8. The molecule has 1 unspecified atom stereocenters. The van der Waals surface area contributed by atoms with Crippen molar-refractivity contribution in [3.8, 4) is 0 Å². The van der Waals surface area contributed by atoms with E-state index in [0.717, 1.165) is 6.42 Å². The molecule has 1 atom stereocenters. The number of benzene rings is 1. The van der Waals surface area contributed by atoms with E-state index in [1.54, 1.807) is 24.3 Å². The molecule has 2 rings (SSSR count). The lowest BCUT2D eigenvalue weighted by Crippen LogP contribution is -2.43. The van der Waals surface area contributed by atoms with Gasteiger partial charge in [0.1, 0.15) is 0 Å². The molecular weight excluding hydrogens is 238 g/mol. The van der Waals surface area contributed by atoms with E-state index in [9.17, 15) is 13.2 Å². The van der Waals surface area contributed by atoms with Gasteiger partial charge in [0.05, 0.1) is 11.5 Å². The Morgan fingerprint density at radius 2 is 1.94 bits per heavy atom. The zero-order valence-electron chi connectivity index (χ0n) is 9.43. The van der Waals surface area contributed by atoms with Gasteiger partial charge in [0, 0.05) is 11.6 Å². The fourth-order valence-corrected chi connectivity index (χ4v) is 3.63. The van der Waals surface area contributed by atoms with Gasteiger partial charge in [-0.25, -0.2) is 8.42 Å². The highest BCUT2D eigenvalue weighted by molar-refractivity contribution is 7.91. The Balaban J connectivity index is 2.00. The van der Waals surface area contributed by atoms with Crippen molar-refractivity contribution >= 4 is 15.7 Å². The van der Waals surface area contributed by atoms with Crippen molar-refractivity contribution in [2.45, 2.75) is 18.9 Å². The molecule has 0 aliphatic carbocycles. The summed E-state index contributed by atoms with van der Waals surface area (Å²) in [6.07, 6.45) is 1.36. The van der Waals surface area contributed by atoms with E-state index in [1.807, 2.05) is 6.07 Å². The van der Waals surface area contributed by atoms with Gasteiger partial charge >= 0.3 is 0 Å². The van der Waals surface area contributed by atoms with Crippen molar-refractivity contribution < 1.29 is 13.2 Å². The number of nitrogens with one attached hydrogen (secondary N) is 1. The van der Waals surface area contributed by atoms with Crippen molar-refractivity contribution in [2.24, 2.45) is 0 Å². The molecular formula is C12H15NO3S. The van der Waals surface area contributed by atoms with E-state index in [1.165, 1.54) is 0 Å². The van der Waals surface area contributed by atoms with Crippen LogP contribution in [0, 0.1) is 0 Å². The molecule has 1 amide bonds. The third-order valence-corrected chi connectivity index (χ3v) is 4.66. The topological polar surface area (TPSA) is 63.2 Å². The first-order valence-corrected chi connectivity index (χ1v) is 7.45. The van der Waals surface area contributed by atoms with Crippen LogP contribution in [0.15, 0.2) is 30.3 Å². The van der Waals surface area contributed by atoms with E-state index >= 15 is 0 Å². The molecule has 1 aromatic rings. The fourth-order valence-electron chi connectivity index (χ4n) is 1.99. The largest absolute Gasteiger partial charge is 0.348 e. The Hall–Kier alpha value is -1.36. The maximum absolute atomic E-state index is 11.8. The van der Waals surface area contributed by atoms with Crippen molar-refractivity contribution in [2.75, 3.05) is 11.5 Å². The molecule has 0 spiro atoms. The molecule has 4 nitrogen and oxygen atoms in total. The third-order valence-electron chi connectivity index (χ3n) is 2.83. The highest BCUT2D eigenvalue weighted by Gasteiger charge is 2.25. The smallest absolute Gasteiger partial charge is 0.251 e. The van der Waals surface area contributed by atoms with E-state index in [0.29, 0.717) is 12.0 Å². The van der Waals surface area contributed by atoms with E-state index in [4.69, 9.17) is 0 Å². The van der Waals surface area contributed by atoms with Gasteiger partial charge in [-0.05, 0) is 25.0 Å². The Bertz CT molecular complexity index is 496. The number of carbonyl (C=O) groups is 1. The van der Waals surface area contributed by atoms with Crippen LogP contribution in [0.2, 0.25) is 0 Å². The minimum absolute atomic E-state index is 0.0611. The molecule has 1 N–H and O–H groups in total. The Morgan fingerprint density at radius 3 is 2.59 bits per heavy atom. The number of hydrogen-bond acceptors (Lipinski definition) is 3. The van der Waals surface area contributed by atoms with Crippen LogP contribution in [0.5, 0.6) is 0 Å². The fraction of sp³-hybridized carbons (Fsp3) is 0.417. The Labute approximate surface area is 101 Å². The number of hydrogen-bond donors (Lipinski definition) is 1. The second-order valence-electron chi connectivity index (χ2n) is 4.29. The summed E-state index contributed by atoms with van der Waals surface area (Å²) in [7, 11) is -2.97. The number of amides is 1. The maximum Gasteiger partial charge on any atom is 0.251 e. The standard InChI is InChI=1S/C12H15NO3S/c14-12(10-5-2-1-3-6-10)13-11-7-4-8-17(15,16)9-11/h1-3,5-6,11H,4,7-9H2,(H,13,14). The van der Waals surface area contributed by atoms with Crippen LogP contribution in [0.1, 0.15) is 23.2 Å². The molecule has 0 bridgehead atoms. The van der Waals surface area contributed by atoms with Crippen LogP contribution in [0.3, 0.4) is 0 Å². The van der Waals surface area contributed by atoms with Crippen LogP contribution < -0.4 is 5.32 Å². The van der Waals surface area contributed by atoms with Gasteiger partial charge in [0.25, 0.3) is 5.91 Å². The van der Waals surface area contributed by atoms with Gasteiger partial charge in [-0.15, -0.1) is 0 Å². The Kier molecular flexibility index (Phi) is 3.47. The molecule has 1 saturated heterocycles. The summed E-state index contributed by atoms with van der Waals surface area (Å²) in [5.41, 5.74) is 0.565. The molecule has 1 aliphatic heterocycles. The summed E-state index contributed by atoms with van der Waals surface area (Å²) >= 11 is 0. The summed E-state index contributed by atoms with van der Waals surface area (Å²) in [5.74, 6) is 0.101. The van der Waals surface area contributed by atoms with Crippen LogP contribution in [-0.4, -0.2) is 31.9 Å². The molecule has 0 saturated carbocycles. The van der Waals surface area contributed by atoms with Crippen molar-refractivity contribution in [1.29, 1.82) is 0 Å². The van der Waals surface area contributed by atoms with Crippen LogP contribution in [-0.2, 0) is 9.84 Å². The van der Waals surface area contributed by atoms with Crippen LogP contribution >= 0.6 is 0 Å². The molecule has 0 aromatic heterocycles. The zero-order chi connectivity index (χ0) is 12.3. The second kappa shape index (κ2) is 4.87. The average Bonchev–Trinajstić information content (AvgIpc) is 2.29. The van der Waals surface area contributed by atoms with Gasteiger partial charge < -0.3 is 5.32 Å². The average molecular weight is 253 g/mol. The van der Waals surface area contributed by atoms with E-state index in [-0.39, 0.29) is 23.5 Å². The highest BCUT2D eigenvalue weighted by Crippen LogP contribution is 2.12. The first-order valence-electron chi connectivity index (χ1n) is 5.63. The van der Waals surface area contributed by atoms with Gasteiger partial charge in [0.2, 0.25) is 0 Å². The molecule has 1 fully saturated rings. The highest BCUT2D eigenvalue weighted by atomic mass is 32.2.